The number of amides is 1. The third-order valence-corrected chi connectivity index (χ3v) is 6.97. The highest BCUT2D eigenvalue weighted by Crippen LogP contribution is 2.45. The molecule has 4 rings (SSSR count). The van der Waals surface area contributed by atoms with E-state index >= 15 is 0 Å². The summed E-state index contributed by atoms with van der Waals surface area (Å²) in [5.74, 6) is -0.540. The summed E-state index contributed by atoms with van der Waals surface area (Å²) in [6, 6.07) is 16.6. The Morgan fingerprint density at radius 1 is 1.18 bits per heavy atom. The lowest BCUT2D eigenvalue weighted by atomic mass is 9.93. The first-order chi connectivity index (χ1) is 16.4. The van der Waals surface area contributed by atoms with Crippen LogP contribution in [-0.2, 0) is 14.3 Å². The summed E-state index contributed by atoms with van der Waals surface area (Å²) in [5, 5.41) is 6.35. The molecule has 2 heterocycles. The second kappa shape index (κ2) is 10.5. The minimum absolute atomic E-state index is 0.107. The minimum atomic E-state index is -0.465. The van der Waals surface area contributed by atoms with Gasteiger partial charge in [0.05, 0.1) is 36.9 Å². The molecule has 176 valence electrons. The predicted molar refractivity (Wildman–Crippen MR) is 136 cm³/mol. The average Bonchev–Trinajstić information content (AvgIpc) is 3.25. The Labute approximate surface area is 208 Å². The van der Waals surface area contributed by atoms with Crippen LogP contribution in [0.25, 0.3) is 0 Å². The van der Waals surface area contributed by atoms with Gasteiger partial charge in [-0.2, -0.15) is 0 Å². The molecule has 34 heavy (non-hydrogen) atoms. The van der Waals surface area contributed by atoms with Crippen LogP contribution in [0.15, 0.2) is 82.0 Å². The predicted octanol–water partition coefficient (Wildman–Crippen LogP) is 5.75. The van der Waals surface area contributed by atoms with Crippen molar-refractivity contribution >= 4 is 40.4 Å². The lowest BCUT2D eigenvalue weighted by molar-refractivity contribution is -0.136. The quantitative estimate of drug-likeness (QED) is 0.495. The molecule has 0 spiro atoms. The molecule has 8 heteroatoms. The van der Waals surface area contributed by atoms with E-state index in [9.17, 15) is 9.59 Å². The maximum Gasteiger partial charge on any atom is 0.338 e. The van der Waals surface area contributed by atoms with Crippen molar-refractivity contribution in [3.63, 3.8) is 0 Å². The van der Waals surface area contributed by atoms with Gasteiger partial charge in [-0.3, -0.25) is 4.79 Å². The van der Waals surface area contributed by atoms with Crippen molar-refractivity contribution in [2.75, 3.05) is 7.11 Å². The largest absolute Gasteiger partial charge is 0.466 e. The van der Waals surface area contributed by atoms with E-state index in [1.807, 2.05) is 66.6 Å². The fourth-order valence-electron chi connectivity index (χ4n) is 4.15. The smallest absolute Gasteiger partial charge is 0.338 e. The van der Waals surface area contributed by atoms with Gasteiger partial charge in [0.15, 0.2) is 5.17 Å². The van der Waals surface area contributed by atoms with Crippen LogP contribution in [0.5, 0.6) is 0 Å². The van der Waals surface area contributed by atoms with Crippen molar-refractivity contribution in [3.8, 4) is 0 Å². The number of hydrogen-bond acceptors (Lipinski definition) is 6. The van der Waals surface area contributed by atoms with E-state index in [0.717, 1.165) is 22.0 Å². The fourth-order valence-corrected chi connectivity index (χ4v) is 5.22. The molecule has 2 aliphatic heterocycles. The number of thioether (sulfide) groups is 1. The second-order valence-corrected chi connectivity index (χ2v) is 9.30. The van der Waals surface area contributed by atoms with Gasteiger partial charge in [-0.25, -0.2) is 9.79 Å². The van der Waals surface area contributed by atoms with E-state index in [1.54, 1.807) is 12.1 Å². The summed E-state index contributed by atoms with van der Waals surface area (Å²) >= 11 is 7.59. The molecular formula is C26H26ClN3O3S. The molecule has 0 radical (unpaired) electrons. The number of nitrogens with one attached hydrogen (secondary N) is 1. The molecule has 2 unspecified atom stereocenters. The number of aliphatic imine (C=N–C) groups is 1. The molecule has 0 aliphatic carbocycles. The third-order valence-electron chi connectivity index (χ3n) is 5.83. The van der Waals surface area contributed by atoms with Gasteiger partial charge in [0.25, 0.3) is 0 Å². The van der Waals surface area contributed by atoms with E-state index in [1.165, 1.54) is 18.9 Å². The van der Waals surface area contributed by atoms with Crippen molar-refractivity contribution in [3.05, 3.63) is 93.1 Å². The van der Waals surface area contributed by atoms with Crippen molar-refractivity contribution in [2.24, 2.45) is 4.99 Å². The topological polar surface area (TPSA) is 71.0 Å². The Morgan fingerprint density at radius 3 is 2.53 bits per heavy atom. The number of halogens is 1. The van der Waals surface area contributed by atoms with E-state index in [4.69, 9.17) is 21.3 Å². The maximum atomic E-state index is 13.0. The summed E-state index contributed by atoms with van der Waals surface area (Å²) in [7, 11) is 1.37. The summed E-state index contributed by atoms with van der Waals surface area (Å²) in [6.07, 6.45) is 0.736. The number of fused-ring (bicyclic) bond motifs is 1. The number of amidine groups is 1. The molecule has 2 aromatic rings. The van der Waals surface area contributed by atoms with Gasteiger partial charge in [0, 0.05) is 10.7 Å². The van der Waals surface area contributed by atoms with Crippen LogP contribution in [-0.4, -0.2) is 29.1 Å². The maximum absolute atomic E-state index is 13.0. The number of ether oxygens (including phenoxy) is 1. The van der Waals surface area contributed by atoms with E-state index in [0.29, 0.717) is 22.7 Å². The number of allylic oxidation sites excluding steroid dienone is 1. The SMILES string of the molecule is CCC1=C(C(=O)OC)C(c2ccc(Cl)cc2)N2C(CC(=O)NC(C)c3ccccc3)=CSC2=N1. The summed E-state index contributed by atoms with van der Waals surface area (Å²) < 4.78 is 5.14. The third kappa shape index (κ3) is 4.91. The van der Waals surface area contributed by atoms with Gasteiger partial charge in [0.1, 0.15) is 0 Å². The molecule has 0 fully saturated rings. The Bertz CT molecular complexity index is 1180. The van der Waals surface area contributed by atoms with E-state index < -0.39 is 12.0 Å². The van der Waals surface area contributed by atoms with Gasteiger partial charge in [-0.05, 0) is 42.0 Å². The van der Waals surface area contributed by atoms with Crippen LogP contribution in [0.2, 0.25) is 5.02 Å². The van der Waals surface area contributed by atoms with Crippen LogP contribution < -0.4 is 5.32 Å². The standard InChI is InChI=1S/C26H26ClN3O3S/c1-4-21-23(25(32)33-3)24(18-10-12-19(27)13-11-18)30-20(15-34-26(30)29-21)14-22(31)28-16(2)17-8-6-5-7-9-17/h5-13,15-16,24H,4,14H2,1-3H3,(H,28,31). The average molecular weight is 496 g/mol. The second-order valence-electron chi connectivity index (χ2n) is 8.03. The van der Waals surface area contributed by atoms with Gasteiger partial charge < -0.3 is 15.0 Å². The van der Waals surface area contributed by atoms with Crippen molar-refractivity contribution < 1.29 is 14.3 Å². The summed E-state index contributed by atoms with van der Waals surface area (Å²) in [6.45, 7) is 3.92. The number of hydrogen-bond donors (Lipinski definition) is 1. The number of methoxy groups -OCH3 is 1. The number of esters is 1. The van der Waals surface area contributed by atoms with Crippen LogP contribution in [0, 0.1) is 0 Å². The number of nitrogens with zero attached hydrogens (tertiary/aromatic N) is 2. The summed E-state index contributed by atoms with van der Waals surface area (Å²) in [5.41, 5.74) is 3.84. The van der Waals surface area contributed by atoms with Gasteiger partial charge in [0.2, 0.25) is 5.91 Å². The lowest BCUT2D eigenvalue weighted by Gasteiger charge is -2.36. The zero-order chi connectivity index (χ0) is 24.2. The molecule has 2 aliphatic rings. The molecule has 2 atom stereocenters. The Hall–Kier alpha value is -3.03. The first-order valence-electron chi connectivity index (χ1n) is 11.1. The number of benzene rings is 2. The minimum Gasteiger partial charge on any atom is -0.466 e. The highest BCUT2D eigenvalue weighted by molar-refractivity contribution is 8.16. The monoisotopic (exact) mass is 495 g/mol. The normalized spacial score (nSPS) is 18.1. The molecule has 1 amide bonds. The molecule has 6 nitrogen and oxygen atoms in total. The molecular weight excluding hydrogens is 470 g/mol. The number of rotatable bonds is 7. The van der Waals surface area contributed by atoms with E-state index in [2.05, 4.69) is 5.32 Å². The highest BCUT2D eigenvalue weighted by atomic mass is 35.5. The van der Waals surface area contributed by atoms with Crippen LogP contribution in [0.1, 0.15) is 49.9 Å². The molecule has 2 aromatic carbocycles. The molecule has 0 aromatic heterocycles. The molecule has 0 saturated carbocycles. The first-order valence-corrected chi connectivity index (χ1v) is 12.3. The van der Waals surface area contributed by atoms with E-state index in [-0.39, 0.29) is 18.4 Å². The van der Waals surface area contributed by atoms with Crippen LogP contribution >= 0.6 is 23.4 Å². The molecule has 0 bridgehead atoms. The zero-order valence-corrected chi connectivity index (χ0v) is 20.8. The molecule has 0 saturated heterocycles. The van der Waals surface area contributed by atoms with Crippen molar-refractivity contribution in [2.45, 2.75) is 38.8 Å². The van der Waals surface area contributed by atoms with Crippen molar-refractivity contribution in [1.29, 1.82) is 0 Å². The van der Waals surface area contributed by atoms with Gasteiger partial charge in [-0.15, -0.1) is 0 Å². The van der Waals surface area contributed by atoms with Crippen LogP contribution in [0.4, 0.5) is 0 Å². The number of carbonyl (C=O) groups is 2. The fraction of sp³-hybridized carbons (Fsp3) is 0.269. The van der Waals surface area contributed by atoms with Crippen molar-refractivity contribution in [1.82, 2.24) is 10.2 Å². The number of carbonyl (C=O) groups excluding carboxylic acids is 2. The Kier molecular flexibility index (Phi) is 7.44. The van der Waals surface area contributed by atoms with Gasteiger partial charge >= 0.3 is 5.97 Å². The van der Waals surface area contributed by atoms with Crippen LogP contribution in [0.3, 0.4) is 0 Å². The first kappa shape index (κ1) is 24.1. The molecule has 1 N–H and O–H groups in total. The Morgan fingerprint density at radius 2 is 1.88 bits per heavy atom. The highest BCUT2D eigenvalue weighted by Gasteiger charge is 2.41. The summed E-state index contributed by atoms with van der Waals surface area (Å²) in [4.78, 5) is 32.6. The lowest BCUT2D eigenvalue weighted by Crippen LogP contribution is -2.38. The van der Waals surface area contributed by atoms with Gasteiger partial charge in [-0.1, -0.05) is 72.8 Å². The zero-order valence-electron chi connectivity index (χ0n) is 19.2. The Balaban J connectivity index is 1.64.